The molecule has 1 saturated heterocycles. The third-order valence-electron chi connectivity index (χ3n) is 6.68. The SMILES string of the molecule is COc1cccc(/C(O)=C/c2nc3ccc(C(=O)N4CCN(c5cc(Cl)ccc5C)CC4)cc3[nH]c2=O)c1. The average Bonchev–Trinajstić information content (AvgIpc) is 2.94. The first-order valence-corrected chi connectivity index (χ1v) is 12.6. The maximum atomic E-state index is 13.2. The van der Waals surface area contributed by atoms with E-state index < -0.39 is 5.56 Å². The summed E-state index contributed by atoms with van der Waals surface area (Å²) in [5.41, 5.74) is 3.75. The van der Waals surface area contributed by atoms with Gasteiger partial charge in [-0.15, -0.1) is 0 Å². The number of benzene rings is 3. The Balaban J connectivity index is 1.33. The summed E-state index contributed by atoms with van der Waals surface area (Å²) in [4.78, 5) is 37.2. The molecule has 1 amide bonds. The molecule has 3 aromatic carbocycles. The molecule has 1 fully saturated rings. The molecule has 0 aliphatic carbocycles. The van der Waals surface area contributed by atoms with E-state index in [1.54, 1.807) is 42.5 Å². The van der Waals surface area contributed by atoms with Gasteiger partial charge in [0.25, 0.3) is 11.5 Å². The van der Waals surface area contributed by atoms with Crippen molar-refractivity contribution in [1.29, 1.82) is 0 Å². The van der Waals surface area contributed by atoms with E-state index in [0.29, 0.717) is 59.1 Å². The lowest BCUT2D eigenvalue weighted by Gasteiger charge is -2.37. The fourth-order valence-corrected chi connectivity index (χ4v) is 4.75. The quantitative estimate of drug-likeness (QED) is 0.356. The summed E-state index contributed by atoms with van der Waals surface area (Å²) < 4.78 is 5.19. The van der Waals surface area contributed by atoms with E-state index in [4.69, 9.17) is 16.3 Å². The Morgan fingerprint density at radius 3 is 2.61 bits per heavy atom. The summed E-state index contributed by atoms with van der Waals surface area (Å²) in [5.74, 6) is 0.371. The number of hydrogen-bond donors (Lipinski definition) is 2. The molecule has 0 bridgehead atoms. The second-order valence-corrected chi connectivity index (χ2v) is 9.59. The Kier molecular flexibility index (Phi) is 7.07. The van der Waals surface area contributed by atoms with Crippen molar-refractivity contribution < 1.29 is 14.6 Å². The lowest BCUT2D eigenvalue weighted by molar-refractivity contribution is 0.0747. The number of methoxy groups -OCH3 is 1. The fourth-order valence-electron chi connectivity index (χ4n) is 4.58. The largest absolute Gasteiger partial charge is 0.507 e. The second kappa shape index (κ2) is 10.6. The maximum Gasteiger partial charge on any atom is 0.274 e. The Bertz CT molecular complexity index is 1610. The maximum absolute atomic E-state index is 13.2. The number of rotatable bonds is 5. The molecule has 0 atom stereocenters. The fraction of sp³-hybridized carbons (Fsp3) is 0.207. The number of halogens is 1. The van der Waals surface area contributed by atoms with E-state index in [-0.39, 0.29) is 17.4 Å². The number of aliphatic hydroxyl groups is 1. The number of piperazine rings is 1. The van der Waals surface area contributed by atoms with E-state index in [9.17, 15) is 14.7 Å². The summed E-state index contributed by atoms with van der Waals surface area (Å²) in [6.07, 6.45) is 1.31. The number of aliphatic hydroxyl groups excluding tert-OH is 1. The van der Waals surface area contributed by atoms with Crippen molar-refractivity contribution in [3.8, 4) is 5.75 Å². The van der Waals surface area contributed by atoms with Gasteiger partial charge in [0.2, 0.25) is 0 Å². The van der Waals surface area contributed by atoms with Crippen molar-refractivity contribution >= 4 is 46.1 Å². The predicted molar refractivity (Wildman–Crippen MR) is 150 cm³/mol. The number of carbonyl (C=O) groups excluding carboxylic acids is 1. The number of amides is 1. The first kappa shape index (κ1) is 25.4. The highest BCUT2D eigenvalue weighted by Crippen LogP contribution is 2.26. The van der Waals surface area contributed by atoms with Crippen molar-refractivity contribution in [3.63, 3.8) is 0 Å². The van der Waals surface area contributed by atoms with Gasteiger partial charge >= 0.3 is 0 Å². The lowest BCUT2D eigenvalue weighted by Crippen LogP contribution is -2.49. The molecule has 1 aliphatic heterocycles. The van der Waals surface area contributed by atoms with E-state index in [2.05, 4.69) is 21.8 Å². The molecule has 38 heavy (non-hydrogen) atoms. The minimum atomic E-state index is -0.470. The van der Waals surface area contributed by atoms with Crippen LogP contribution in [-0.4, -0.2) is 59.2 Å². The average molecular weight is 531 g/mol. The number of carbonyl (C=O) groups is 1. The van der Waals surface area contributed by atoms with Gasteiger partial charge in [0.1, 0.15) is 17.2 Å². The van der Waals surface area contributed by atoms with Gasteiger partial charge in [-0.25, -0.2) is 4.98 Å². The summed E-state index contributed by atoms with van der Waals surface area (Å²) in [7, 11) is 1.54. The molecule has 4 aromatic rings. The monoisotopic (exact) mass is 530 g/mol. The highest BCUT2D eigenvalue weighted by atomic mass is 35.5. The summed E-state index contributed by atoms with van der Waals surface area (Å²) >= 11 is 6.19. The number of anilines is 1. The number of nitrogens with one attached hydrogen (secondary N) is 1. The Morgan fingerprint density at radius 2 is 1.84 bits per heavy atom. The number of ether oxygens (including phenoxy) is 1. The van der Waals surface area contributed by atoms with Gasteiger partial charge in [0.15, 0.2) is 0 Å². The molecule has 194 valence electrons. The molecular formula is C29H27ClN4O4. The van der Waals surface area contributed by atoms with Crippen LogP contribution in [0.3, 0.4) is 0 Å². The molecular weight excluding hydrogens is 504 g/mol. The summed E-state index contributed by atoms with van der Waals surface area (Å²) in [6, 6.07) is 17.8. The molecule has 2 heterocycles. The molecule has 8 nitrogen and oxygen atoms in total. The first-order chi connectivity index (χ1) is 18.3. The van der Waals surface area contributed by atoms with Crippen LogP contribution >= 0.6 is 11.6 Å². The molecule has 0 unspecified atom stereocenters. The number of hydrogen-bond acceptors (Lipinski definition) is 6. The van der Waals surface area contributed by atoms with Gasteiger partial charge in [-0.2, -0.15) is 0 Å². The van der Waals surface area contributed by atoms with Crippen LogP contribution in [0.2, 0.25) is 5.02 Å². The third kappa shape index (κ3) is 5.21. The zero-order chi connectivity index (χ0) is 26.8. The molecule has 0 radical (unpaired) electrons. The van der Waals surface area contributed by atoms with Crippen LogP contribution in [0.4, 0.5) is 5.69 Å². The topological polar surface area (TPSA) is 98.8 Å². The van der Waals surface area contributed by atoms with Crippen molar-refractivity contribution in [1.82, 2.24) is 14.9 Å². The van der Waals surface area contributed by atoms with Gasteiger partial charge < -0.3 is 24.6 Å². The number of aromatic amines is 1. The van der Waals surface area contributed by atoms with E-state index in [0.717, 1.165) is 11.3 Å². The van der Waals surface area contributed by atoms with Crippen LogP contribution in [-0.2, 0) is 0 Å². The number of aromatic nitrogens is 2. The van der Waals surface area contributed by atoms with Crippen LogP contribution in [0.1, 0.15) is 27.2 Å². The van der Waals surface area contributed by atoms with Crippen molar-refractivity contribution in [2.24, 2.45) is 0 Å². The summed E-state index contributed by atoms with van der Waals surface area (Å²) in [6.45, 7) is 4.60. The number of nitrogens with zero attached hydrogens (tertiary/aromatic N) is 3. The van der Waals surface area contributed by atoms with Gasteiger partial charge in [-0.3, -0.25) is 9.59 Å². The Hall–Kier alpha value is -4.30. The molecule has 0 spiro atoms. The molecule has 1 aliphatic rings. The molecule has 5 rings (SSSR count). The zero-order valence-corrected chi connectivity index (χ0v) is 21.8. The molecule has 1 aromatic heterocycles. The van der Waals surface area contributed by atoms with E-state index >= 15 is 0 Å². The van der Waals surface area contributed by atoms with Crippen molar-refractivity contribution in [2.75, 3.05) is 38.2 Å². The van der Waals surface area contributed by atoms with Gasteiger partial charge in [-0.1, -0.05) is 29.8 Å². The Labute approximate surface area is 224 Å². The van der Waals surface area contributed by atoms with Crippen molar-refractivity contribution in [3.05, 3.63) is 98.4 Å². The van der Waals surface area contributed by atoms with Gasteiger partial charge in [-0.05, 0) is 55.0 Å². The lowest BCUT2D eigenvalue weighted by atomic mass is 10.1. The number of fused-ring (bicyclic) bond motifs is 1. The first-order valence-electron chi connectivity index (χ1n) is 12.2. The minimum Gasteiger partial charge on any atom is -0.507 e. The van der Waals surface area contributed by atoms with Crippen LogP contribution in [0.5, 0.6) is 5.75 Å². The minimum absolute atomic E-state index is 0.0596. The molecule has 2 N–H and O–H groups in total. The van der Waals surface area contributed by atoms with Gasteiger partial charge in [0.05, 0.1) is 18.1 Å². The second-order valence-electron chi connectivity index (χ2n) is 9.15. The third-order valence-corrected chi connectivity index (χ3v) is 6.92. The molecule has 9 heteroatoms. The van der Waals surface area contributed by atoms with Crippen molar-refractivity contribution in [2.45, 2.75) is 6.92 Å². The van der Waals surface area contributed by atoms with Crippen LogP contribution in [0.15, 0.2) is 65.5 Å². The Morgan fingerprint density at radius 1 is 1.05 bits per heavy atom. The van der Waals surface area contributed by atoms with Crippen LogP contribution in [0, 0.1) is 6.92 Å². The standard InChI is InChI=1S/C29H27ClN4O4/c1-18-6-8-21(30)16-26(18)33-10-12-34(13-11-33)29(37)20-7-9-23-24(15-20)32-28(36)25(31-23)17-27(35)19-4-3-5-22(14-19)38-2/h3-9,14-17,35H,10-13H2,1-2H3,(H,32,36)/b27-17-. The number of H-pyrrole nitrogens is 1. The highest BCUT2D eigenvalue weighted by molar-refractivity contribution is 6.30. The summed E-state index contributed by atoms with van der Waals surface area (Å²) in [5, 5.41) is 11.2. The van der Waals surface area contributed by atoms with E-state index in [1.165, 1.54) is 13.2 Å². The zero-order valence-electron chi connectivity index (χ0n) is 21.1. The highest BCUT2D eigenvalue weighted by Gasteiger charge is 2.23. The van der Waals surface area contributed by atoms with E-state index in [1.807, 2.05) is 23.1 Å². The predicted octanol–water partition coefficient (Wildman–Crippen LogP) is 4.91. The van der Waals surface area contributed by atoms with Crippen LogP contribution in [0.25, 0.3) is 22.9 Å². The molecule has 0 saturated carbocycles. The van der Waals surface area contributed by atoms with Gasteiger partial charge in [0, 0.05) is 54.1 Å². The smallest absolute Gasteiger partial charge is 0.274 e. The number of aryl methyl sites for hydroxylation is 1. The van der Waals surface area contributed by atoms with Crippen LogP contribution < -0.4 is 15.2 Å². The normalized spacial score (nSPS) is 14.1.